The Morgan fingerprint density at radius 1 is 0.657 bits per heavy atom. The molecule has 0 bridgehead atoms. The Morgan fingerprint density at radius 2 is 1.15 bits per heavy atom. The summed E-state index contributed by atoms with van der Waals surface area (Å²) in [6, 6.07) is 34.2. The number of rotatable bonds is 14. The van der Waals surface area contributed by atoms with Gasteiger partial charge in [-0.2, -0.15) is 10.2 Å². The Hall–Kier alpha value is -6.95. The second kappa shape index (κ2) is 24.5. The van der Waals surface area contributed by atoms with Crippen LogP contribution in [-0.4, -0.2) is 86.5 Å². The van der Waals surface area contributed by atoms with Crippen molar-refractivity contribution < 1.29 is 42.6 Å². The van der Waals surface area contributed by atoms with Gasteiger partial charge in [0, 0.05) is 54.6 Å². The number of hydrogen-bond acceptors (Lipinski definition) is 8. The van der Waals surface area contributed by atoms with Crippen LogP contribution < -0.4 is 14.9 Å². The lowest BCUT2D eigenvalue weighted by molar-refractivity contribution is 0.0778. The van der Waals surface area contributed by atoms with E-state index in [1.165, 1.54) is 30.3 Å². The highest BCUT2D eigenvalue weighted by Crippen LogP contribution is 2.33. The molecule has 0 fully saturated rings. The SMILES string of the molecule is CCCOc1cc(C(=O)N(C)Cc2cccc3cn[nH]c23)ccc1-c1cccc(F)c1.CCCOc1cc(C(=O)N(C)Cc2cccc3cn[nH]c23)ccc1Br.F.OB(O)c1cccc(F)c1. The number of nitrogens with one attached hydrogen (secondary N) is 2. The molecule has 8 aromatic rings. The summed E-state index contributed by atoms with van der Waals surface area (Å²) in [6.45, 7) is 6.13. The van der Waals surface area contributed by atoms with Crippen LogP contribution in [0.2, 0.25) is 0 Å². The normalized spacial score (nSPS) is 10.5. The summed E-state index contributed by atoms with van der Waals surface area (Å²) in [4.78, 5) is 29.3. The number of nitrogens with zero attached hydrogens (tertiary/aromatic N) is 4. The lowest BCUT2D eigenvalue weighted by Gasteiger charge is -2.19. The number of para-hydroxylation sites is 2. The van der Waals surface area contributed by atoms with Crippen LogP contribution in [0.1, 0.15) is 58.5 Å². The van der Waals surface area contributed by atoms with Crippen molar-refractivity contribution in [2.45, 2.75) is 39.8 Å². The molecule has 12 nitrogen and oxygen atoms in total. The fourth-order valence-electron chi connectivity index (χ4n) is 6.93. The van der Waals surface area contributed by atoms with Crippen LogP contribution in [0.25, 0.3) is 32.9 Å². The molecule has 348 valence electrons. The van der Waals surface area contributed by atoms with Gasteiger partial charge in [-0.25, -0.2) is 8.78 Å². The van der Waals surface area contributed by atoms with Gasteiger partial charge in [0.05, 0.1) is 41.1 Å². The summed E-state index contributed by atoms with van der Waals surface area (Å²) < 4.78 is 38.5. The molecule has 2 aromatic heterocycles. The second-order valence-electron chi connectivity index (χ2n) is 15.3. The van der Waals surface area contributed by atoms with Gasteiger partial charge in [0.15, 0.2) is 0 Å². The molecule has 0 atom stereocenters. The van der Waals surface area contributed by atoms with E-state index in [0.717, 1.165) is 61.9 Å². The van der Waals surface area contributed by atoms with Crippen LogP contribution in [0.4, 0.5) is 13.5 Å². The first-order valence-electron chi connectivity index (χ1n) is 21.3. The van der Waals surface area contributed by atoms with Gasteiger partial charge >= 0.3 is 7.12 Å². The smallest absolute Gasteiger partial charge is 0.488 e. The first-order valence-corrected chi connectivity index (χ1v) is 22.1. The number of carbonyl (C=O) groups excluding carboxylic acids is 2. The topological polar surface area (TPSA) is 157 Å². The van der Waals surface area contributed by atoms with E-state index in [9.17, 15) is 18.4 Å². The molecule has 0 radical (unpaired) electrons. The fraction of sp³-hybridized carbons (Fsp3) is 0.200. The highest BCUT2D eigenvalue weighted by Gasteiger charge is 2.19. The molecule has 0 aliphatic rings. The zero-order chi connectivity index (χ0) is 47.2. The average molecular weight is 980 g/mol. The number of aromatic nitrogens is 4. The molecule has 4 N–H and O–H groups in total. The van der Waals surface area contributed by atoms with Crippen molar-refractivity contribution in [2.24, 2.45) is 0 Å². The summed E-state index contributed by atoms with van der Waals surface area (Å²) >= 11 is 3.46. The zero-order valence-electron chi connectivity index (χ0n) is 37.4. The minimum atomic E-state index is -1.59. The number of fused-ring (bicyclic) bond motifs is 2. The van der Waals surface area contributed by atoms with E-state index < -0.39 is 12.9 Å². The molecule has 0 aliphatic carbocycles. The van der Waals surface area contributed by atoms with Crippen molar-refractivity contribution in [3.8, 4) is 22.6 Å². The fourth-order valence-corrected chi connectivity index (χ4v) is 7.29. The number of aromatic amines is 2. The standard InChI is InChI=1S/C25H24FN3O2.C19H20BrN3O2.C6H6BFO2.FH/c1-3-12-31-23-14-18(10-11-22(23)17-6-5-9-21(26)13-17)25(30)29(2)16-20-8-4-7-19-15-27-28-24(19)20;1-3-9-25-17-10-13(7-8-16(17)20)19(24)23(2)12-15-6-4-5-14-11-21-22-18(14)15;8-6-3-1-2-5(4-6)7(9)10;/h4-11,13-15H,3,12,16H2,1-2H3,(H,27,28);4-8,10-11H,3,9,12H2,1-2H3,(H,21,22);1-4,9-10H;1H. The summed E-state index contributed by atoms with van der Waals surface area (Å²) in [7, 11) is 1.98. The molecule has 8 rings (SSSR count). The predicted molar refractivity (Wildman–Crippen MR) is 260 cm³/mol. The molecule has 2 amide bonds. The Labute approximate surface area is 395 Å². The maximum absolute atomic E-state index is 13.7. The average Bonchev–Trinajstić information content (AvgIpc) is 4.02. The van der Waals surface area contributed by atoms with Crippen LogP contribution in [-0.2, 0) is 13.1 Å². The van der Waals surface area contributed by atoms with E-state index in [4.69, 9.17) is 19.5 Å². The van der Waals surface area contributed by atoms with Gasteiger partial charge < -0.3 is 29.3 Å². The van der Waals surface area contributed by atoms with Gasteiger partial charge in [-0.05, 0) is 112 Å². The predicted octanol–water partition coefficient (Wildman–Crippen LogP) is 9.47. The number of carbonyl (C=O) groups is 2. The van der Waals surface area contributed by atoms with Crippen molar-refractivity contribution in [3.63, 3.8) is 0 Å². The summed E-state index contributed by atoms with van der Waals surface area (Å²) in [6.07, 6.45) is 5.30. The van der Waals surface area contributed by atoms with Crippen LogP contribution in [0, 0.1) is 11.6 Å². The van der Waals surface area contributed by atoms with Crippen LogP contribution in [0.15, 0.2) is 138 Å². The maximum Gasteiger partial charge on any atom is 0.488 e. The highest BCUT2D eigenvalue weighted by molar-refractivity contribution is 9.10. The van der Waals surface area contributed by atoms with Crippen molar-refractivity contribution in [1.82, 2.24) is 30.2 Å². The Kier molecular flexibility index (Phi) is 18.7. The molecule has 17 heteroatoms. The molecule has 0 saturated carbocycles. The van der Waals surface area contributed by atoms with E-state index in [-0.39, 0.29) is 27.8 Å². The third-order valence-electron chi connectivity index (χ3n) is 10.2. The van der Waals surface area contributed by atoms with E-state index in [1.807, 2.05) is 68.4 Å². The summed E-state index contributed by atoms with van der Waals surface area (Å²) in [5.41, 5.74) is 6.67. The summed E-state index contributed by atoms with van der Waals surface area (Å²) in [5, 5.41) is 33.3. The van der Waals surface area contributed by atoms with E-state index in [2.05, 4.69) is 36.3 Å². The molecule has 0 spiro atoms. The molecule has 67 heavy (non-hydrogen) atoms. The maximum atomic E-state index is 13.7. The van der Waals surface area contributed by atoms with Crippen molar-refractivity contribution >= 4 is 62.1 Å². The molecule has 2 heterocycles. The number of ether oxygens (including phenoxy) is 2. The third kappa shape index (κ3) is 13.6. The third-order valence-corrected chi connectivity index (χ3v) is 10.9. The van der Waals surface area contributed by atoms with E-state index >= 15 is 0 Å². The van der Waals surface area contributed by atoms with Gasteiger partial charge in [0.1, 0.15) is 23.1 Å². The number of amides is 2. The van der Waals surface area contributed by atoms with Crippen molar-refractivity contribution in [2.75, 3.05) is 27.3 Å². The first-order chi connectivity index (χ1) is 31.9. The van der Waals surface area contributed by atoms with Crippen molar-refractivity contribution in [1.29, 1.82) is 0 Å². The highest BCUT2D eigenvalue weighted by atomic mass is 79.9. The first kappa shape index (κ1) is 51.0. The number of halogens is 4. The Morgan fingerprint density at radius 3 is 1.66 bits per heavy atom. The molecular formula is C50H51BBrF3N6O6. The molecule has 0 saturated heterocycles. The number of hydrogen-bond donors (Lipinski definition) is 4. The van der Waals surface area contributed by atoms with Crippen LogP contribution in [0.3, 0.4) is 0 Å². The molecular weight excluding hydrogens is 928 g/mol. The quantitative estimate of drug-likeness (QED) is 0.0786. The summed E-state index contributed by atoms with van der Waals surface area (Å²) in [5.74, 6) is 0.311. The lowest BCUT2D eigenvalue weighted by atomic mass is 9.80. The van der Waals surface area contributed by atoms with Gasteiger partial charge in [0.25, 0.3) is 11.8 Å². The number of benzene rings is 6. The van der Waals surface area contributed by atoms with Crippen molar-refractivity contribution in [3.05, 3.63) is 172 Å². The number of H-pyrrole nitrogens is 2. The largest absolute Gasteiger partial charge is 0.493 e. The van der Waals surface area contributed by atoms with Gasteiger partial charge in [-0.1, -0.05) is 74.5 Å². The molecule has 0 aliphatic heterocycles. The van der Waals surface area contributed by atoms with Gasteiger partial charge in [0.2, 0.25) is 0 Å². The minimum absolute atomic E-state index is 0. The van der Waals surface area contributed by atoms with Crippen LogP contribution >= 0.6 is 15.9 Å². The Balaban J connectivity index is 0.000000209. The van der Waals surface area contributed by atoms with E-state index in [1.54, 1.807) is 66.6 Å². The van der Waals surface area contributed by atoms with Gasteiger partial charge in [-0.15, -0.1) is 0 Å². The monoisotopic (exact) mass is 978 g/mol. The van der Waals surface area contributed by atoms with E-state index in [0.29, 0.717) is 54.5 Å². The lowest BCUT2D eigenvalue weighted by Crippen LogP contribution is -2.29. The van der Waals surface area contributed by atoms with Gasteiger partial charge in [-0.3, -0.25) is 24.5 Å². The zero-order valence-corrected chi connectivity index (χ0v) is 39.0. The molecule has 6 aromatic carbocycles. The molecule has 0 unspecified atom stereocenters. The second-order valence-corrected chi connectivity index (χ2v) is 16.2. The Bertz CT molecular complexity index is 2900. The van der Waals surface area contributed by atoms with Crippen LogP contribution in [0.5, 0.6) is 11.5 Å². The minimum Gasteiger partial charge on any atom is -0.493 e.